The second-order valence-corrected chi connectivity index (χ2v) is 12.5. The molecule has 4 aromatic carbocycles. The molecule has 0 aliphatic carbocycles. The Bertz CT molecular complexity index is 2200. The van der Waals surface area contributed by atoms with Crippen LogP contribution in [0.3, 0.4) is 0 Å². The smallest absolute Gasteiger partial charge is 0.343 e. The Labute approximate surface area is 311 Å². The number of hydrogen-bond donors (Lipinski definition) is 0. The van der Waals surface area contributed by atoms with Gasteiger partial charge in [0.05, 0.1) is 33.8 Å². The number of benzene rings is 4. The lowest BCUT2D eigenvalue weighted by Crippen LogP contribution is -2.16. The third kappa shape index (κ3) is 7.95. The van der Waals surface area contributed by atoms with Crippen LogP contribution in [0.2, 0.25) is 0 Å². The maximum atomic E-state index is 13.5. The standard InChI is InChI=1S/C45H33N3O6/c1-28-7-4-22-46-40(28)31-10-16-37(17-11-31)52-43(49)34-25-35(44(50)53-38-18-12-32(13-19-38)41-29(2)8-5-23-47-41)27-36(26-34)45(51)54-39-20-14-33(15-21-39)42-30(3)9-6-24-48-42/h4-27H,1-3H3. The maximum Gasteiger partial charge on any atom is 0.343 e. The first-order valence-electron chi connectivity index (χ1n) is 17.1. The van der Waals surface area contributed by atoms with Crippen LogP contribution >= 0.6 is 0 Å². The average Bonchev–Trinajstić information content (AvgIpc) is 3.19. The molecule has 0 fully saturated rings. The van der Waals surface area contributed by atoms with Crippen molar-refractivity contribution in [3.8, 4) is 51.0 Å². The molecule has 0 aliphatic rings. The number of carbonyl (C=O) groups excluding carboxylic acids is 3. The molecule has 0 saturated heterocycles. The van der Waals surface area contributed by atoms with E-state index in [9.17, 15) is 14.4 Å². The van der Waals surface area contributed by atoms with E-state index in [-0.39, 0.29) is 33.9 Å². The van der Waals surface area contributed by atoms with Crippen LogP contribution < -0.4 is 14.2 Å². The Balaban J connectivity index is 1.14. The first-order valence-corrected chi connectivity index (χ1v) is 17.1. The summed E-state index contributed by atoms with van der Waals surface area (Å²) >= 11 is 0. The lowest BCUT2D eigenvalue weighted by molar-refractivity contribution is 0.0734. The lowest BCUT2D eigenvalue weighted by Gasteiger charge is -2.11. The highest BCUT2D eigenvalue weighted by Crippen LogP contribution is 2.27. The van der Waals surface area contributed by atoms with Crippen molar-refractivity contribution in [1.82, 2.24) is 15.0 Å². The van der Waals surface area contributed by atoms with Gasteiger partial charge in [-0.25, -0.2) is 14.4 Å². The molecule has 0 atom stereocenters. The molecule has 3 aromatic heterocycles. The zero-order valence-electron chi connectivity index (χ0n) is 29.6. The molecule has 0 saturated carbocycles. The number of hydrogen-bond acceptors (Lipinski definition) is 9. The molecular formula is C45H33N3O6. The summed E-state index contributed by atoms with van der Waals surface area (Å²) in [5.41, 5.74) is 7.86. The number of nitrogens with zero attached hydrogens (tertiary/aromatic N) is 3. The zero-order chi connectivity index (χ0) is 37.6. The molecule has 0 N–H and O–H groups in total. The largest absolute Gasteiger partial charge is 0.423 e. The van der Waals surface area contributed by atoms with Crippen molar-refractivity contribution in [3.05, 3.63) is 179 Å². The van der Waals surface area contributed by atoms with Crippen molar-refractivity contribution in [2.45, 2.75) is 20.8 Å². The van der Waals surface area contributed by atoms with Gasteiger partial charge >= 0.3 is 17.9 Å². The van der Waals surface area contributed by atoms with E-state index in [1.807, 2.05) is 57.2 Å². The molecule has 7 rings (SSSR count). The third-order valence-corrected chi connectivity index (χ3v) is 8.68. The molecule has 54 heavy (non-hydrogen) atoms. The van der Waals surface area contributed by atoms with Gasteiger partial charge in [0.1, 0.15) is 17.2 Å². The summed E-state index contributed by atoms with van der Waals surface area (Å²) < 4.78 is 17.0. The number of pyridine rings is 3. The molecule has 0 radical (unpaired) electrons. The number of aromatic nitrogens is 3. The summed E-state index contributed by atoms with van der Waals surface area (Å²) in [4.78, 5) is 53.9. The van der Waals surface area contributed by atoms with E-state index in [1.54, 1.807) is 91.4 Å². The summed E-state index contributed by atoms with van der Waals surface area (Å²) in [6.45, 7) is 5.90. The van der Waals surface area contributed by atoms with Gasteiger partial charge in [-0.1, -0.05) is 18.2 Å². The Morgan fingerprint density at radius 1 is 0.389 bits per heavy atom. The lowest BCUT2D eigenvalue weighted by atomic mass is 10.0. The number of aryl methyl sites for hydroxylation is 3. The highest BCUT2D eigenvalue weighted by molar-refractivity contribution is 6.02. The minimum absolute atomic E-state index is 0.0528. The zero-order valence-corrected chi connectivity index (χ0v) is 29.6. The molecule has 3 heterocycles. The predicted molar refractivity (Wildman–Crippen MR) is 205 cm³/mol. The van der Waals surface area contributed by atoms with E-state index < -0.39 is 17.9 Å². The monoisotopic (exact) mass is 711 g/mol. The van der Waals surface area contributed by atoms with Crippen molar-refractivity contribution in [1.29, 1.82) is 0 Å². The fourth-order valence-corrected chi connectivity index (χ4v) is 5.89. The van der Waals surface area contributed by atoms with Gasteiger partial charge in [0.2, 0.25) is 0 Å². The first-order chi connectivity index (χ1) is 26.2. The van der Waals surface area contributed by atoms with Crippen LogP contribution in [0.4, 0.5) is 0 Å². The Morgan fingerprint density at radius 2 is 0.648 bits per heavy atom. The molecule has 9 heteroatoms. The van der Waals surface area contributed by atoms with Gasteiger partial charge < -0.3 is 14.2 Å². The topological polar surface area (TPSA) is 118 Å². The fourth-order valence-electron chi connectivity index (χ4n) is 5.89. The minimum Gasteiger partial charge on any atom is -0.423 e. The van der Waals surface area contributed by atoms with Crippen molar-refractivity contribution in [2.24, 2.45) is 0 Å². The number of rotatable bonds is 9. The number of carbonyl (C=O) groups is 3. The molecule has 264 valence electrons. The highest BCUT2D eigenvalue weighted by atomic mass is 16.5. The molecule has 7 aromatic rings. The molecule has 9 nitrogen and oxygen atoms in total. The molecule has 0 unspecified atom stereocenters. The van der Waals surface area contributed by atoms with E-state index in [0.29, 0.717) is 0 Å². The van der Waals surface area contributed by atoms with E-state index in [0.717, 1.165) is 50.5 Å². The van der Waals surface area contributed by atoms with Crippen LogP contribution in [0.25, 0.3) is 33.8 Å². The number of esters is 3. The first kappa shape index (κ1) is 35.2. The second kappa shape index (κ2) is 15.5. The van der Waals surface area contributed by atoms with Crippen LogP contribution in [-0.4, -0.2) is 32.9 Å². The van der Waals surface area contributed by atoms with Gasteiger partial charge in [-0.05, 0) is 147 Å². The van der Waals surface area contributed by atoms with Gasteiger partial charge in [0, 0.05) is 35.3 Å². The average molecular weight is 712 g/mol. The summed E-state index contributed by atoms with van der Waals surface area (Å²) in [7, 11) is 0. The molecule has 0 amide bonds. The summed E-state index contributed by atoms with van der Waals surface area (Å²) in [6.07, 6.45) is 5.15. The normalized spacial score (nSPS) is 10.7. The van der Waals surface area contributed by atoms with Crippen LogP contribution in [0.15, 0.2) is 146 Å². The van der Waals surface area contributed by atoms with Crippen molar-refractivity contribution in [3.63, 3.8) is 0 Å². The molecule has 0 aliphatic heterocycles. The minimum atomic E-state index is -0.786. The van der Waals surface area contributed by atoms with Gasteiger partial charge in [-0.3, -0.25) is 15.0 Å². The third-order valence-electron chi connectivity index (χ3n) is 8.68. The summed E-state index contributed by atoms with van der Waals surface area (Å²) in [6, 6.07) is 36.2. The van der Waals surface area contributed by atoms with Crippen molar-refractivity contribution < 1.29 is 28.6 Å². The Hall–Kier alpha value is -7.26. The van der Waals surface area contributed by atoms with E-state index >= 15 is 0 Å². The molecular weight excluding hydrogens is 679 g/mol. The second-order valence-electron chi connectivity index (χ2n) is 12.5. The Morgan fingerprint density at radius 3 is 0.889 bits per heavy atom. The number of ether oxygens (including phenoxy) is 3. The predicted octanol–water partition coefficient (Wildman–Crippen LogP) is 9.46. The Kier molecular flexibility index (Phi) is 10.1. The maximum absolute atomic E-state index is 13.5. The van der Waals surface area contributed by atoms with E-state index in [1.165, 1.54) is 18.2 Å². The van der Waals surface area contributed by atoms with Gasteiger partial charge in [0.15, 0.2) is 0 Å². The molecule has 0 bridgehead atoms. The van der Waals surface area contributed by atoms with Crippen LogP contribution in [0, 0.1) is 20.8 Å². The summed E-state index contributed by atoms with van der Waals surface area (Å²) in [5, 5.41) is 0. The van der Waals surface area contributed by atoms with Crippen LogP contribution in [-0.2, 0) is 0 Å². The van der Waals surface area contributed by atoms with Gasteiger partial charge in [0.25, 0.3) is 0 Å². The quantitative estimate of drug-likeness (QED) is 0.107. The SMILES string of the molecule is Cc1cccnc1-c1ccc(OC(=O)c2cc(C(=O)Oc3ccc(-c4ncccc4C)cc3)cc(C(=O)Oc3ccc(-c4ncccc4C)cc3)c2)cc1. The van der Waals surface area contributed by atoms with Gasteiger partial charge in [-0.2, -0.15) is 0 Å². The van der Waals surface area contributed by atoms with E-state index in [2.05, 4.69) is 15.0 Å². The molecule has 0 spiro atoms. The van der Waals surface area contributed by atoms with Crippen LogP contribution in [0.5, 0.6) is 17.2 Å². The van der Waals surface area contributed by atoms with Crippen LogP contribution in [0.1, 0.15) is 47.8 Å². The van der Waals surface area contributed by atoms with Gasteiger partial charge in [-0.15, -0.1) is 0 Å². The van der Waals surface area contributed by atoms with Crippen molar-refractivity contribution in [2.75, 3.05) is 0 Å². The van der Waals surface area contributed by atoms with E-state index in [4.69, 9.17) is 14.2 Å². The van der Waals surface area contributed by atoms with Crippen molar-refractivity contribution >= 4 is 17.9 Å². The highest BCUT2D eigenvalue weighted by Gasteiger charge is 2.21. The summed E-state index contributed by atoms with van der Waals surface area (Å²) in [5.74, 6) is -1.57. The fraction of sp³-hybridized carbons (Fsp3) is 0.0667.